The first-order valence-electron chi connectivity index (χ1n) is 20.4. The molecule has 60 heavy (non-hydrogen) atoms. The van der Waals surface area contributed by atoms with Crippen molar-refractivity contribution in [3.8, 4) is 56.3 Å². The van der Waals surface area contributed by atoms with Crippen LogP contribution in [-0.2, 0) is 0 Å². The molecule has 0 fully saturated rings. The van der Waals surface area contributed by atoms with Crippen molar-refractivity contribution in [2.75, 3.05) is 0 Å². The number of imidazole rings is 1. The van der Waals surface area contributed by atoms with E-state index in [1.807, 2.05) is 12.1 Å². The van der Waals surface area contributed by atoms with Gasteiger partial charge in [0.15, 0.2) is 0 Å². The van der Waals surface area contributed by atoms with Crippen LogP contribution in [0.5, 0.6) is 0 Å². The number of para-hydroxylation sites is 6. The first-order chi connectivity index (χ1) is 29.8. The monoisotopic (exact) mass is 764 g/mol. The Balaban J connectivity index is 0.999. The highest BCUT2D eigenvalue weighted by molar-refractivity contribution is 6.30. The second-order valence-corrected chi connectivity index (χ2v) is 15.3. The van der Waals surface area contributed by atoms with E-state index < -0.39 is 0 Å². The summed E-state index contributed by atoms with van der Waals surface area (Å²) in [6.07, 6.45) is 0. The Morgan fingerprint density at radius 1 is 0.300 bits per heavy atom. The Morgan fingerprint density at radius 3 is 1.58 bits per heavy atom. The molecule has 0 aliphatic rings. The van der Waals surface area contributed by atoms with Gasteiger partial charge in [-0.05, 0) is 65.2 Å². The molecule has 280 valence electrons. The van der Waals surface area contributed by atoms with Crippen molar-refractivity contribution >= 4 is 54.5 Å². The van der Waals surface area contributed by atoms with Gasteiger partial charge in [0.1, 0.15) is 5.82 Å². The SMILES string of the molecule is c1ccc(-c2nc3c(-c4ccc(-c5ccc(-c6nc7ccccc7n6-c6ccccc6)cc5)cc4)cccc3c3c2ccc2c3c3ccccc3n2-c2ccccc2)cc1. The first kappa shape index (κ1) is 34.0. The van der Waals surface area contributed by atoms with Crippen molar-refractivity contribution in [2.45, 2.75) is 0 Å². The molecule has 0 atom stereocenters. The van der Waals surface area contributed by atoms with Gasteiger partial charge >= 0.3 is 0 Å². The van der Waals surface area contributed by atoms with E-state index in [4.69, 9.17) is 9.97 Å². The third-order valence-corrected chi connectivity index (χ3v) is 11.9. The third kappa shape index (κ3) is 5.39. The number of pyridine rings is 1. The maximum absolute atomic E-state index is 5.55. The number of fused-ring (bicyclic) bond motifs is 8. The minimum atomic E-state index is 0.928. The molecule has 0 radical (unpaired) electrons. The largest absolute Gasteiger partial charge is 0.309 e. The van der Waals surface area contributed by atoms with Gasteiger partial charge in [0.2, 0.25) is 0 Å². The molecule has 0 N–H and O–H groups in total. The maximum Gasteiger partial charge on any atom is 0.145 e. The summed E-state index contributed by atoms with van der Waals surface area (Å²) in [6.45, 7) is 0. The molecule has 12 aromatic rings. The lowest BCUT2D eigenvalue weighted by Crippen LogP contribution is -1.97. The second kappa shape index (κ2) is 13.8. The van der Waals surface area contributed by atoms with Gasteiger partial charge in [0, 0.05) is 55.0 Å². The Hall–Kier alpha value is -8.08. The average Bonchev–Trinajstić information content (AvgIpc) is 3.89. The molecule has 0 saturated carbocycles. The van der Waals surface area contributed by atoms with E-state index in [1.54, 1.807) is 0 Å². The number of rotatable bonds is 6. The molecule has 4 heteroatoms. The Labute approximate surface area is 346 Å². The normalized spacial score (nSPS) is 11.7. The van der Waals surface area contributed by atoms with Crippen LogP contribution in [0.4, 0.5) is 0 Å². The molecule has 0 aliphatic heterocycles. The molecule has 3 aromatic heterocycles. The third-order valence-electron chi connectivity index (χ3n) is 11.9. The molecule has 3 heterocycles. The number of nitrogens with zero attached hydrogens (tertiary/aromatic N) is 4. The minimum absolute atomic E-state index is 0.928. The van der Waals surface area contributed by atoms with Gasteiger partial charge in [-0.3, -0.25) is 4.57 Å². The highest BCUT2D eigenvalue weighted by Crippen LogP contribution is 2.44. The Kier molecular flexibility index (Phi) is 7.82. The highest BCUT2D eigenvalue weighted by atomic mass is 15.1. The quantitative estimate of drug-likeness (QED) is 0.158. The average molecular weight is 765 g/mol. The molecule has 9 aromatic carbocycles. The lowest BCUT2D eigenvalue weighted by atomic mass is 9.93. The van der Waals surface area contributed by atoms with Gasteiger partial charge < -0.3 is 4.57 Å². The van der Waals surface area contributed by atoms with E-state index in [1.165, 1.54) is 27.2 Å². The van der Waals surface area contributed by atoms with E-state index in [0.717, 1.165) is 83.6 Å². The number of hydrogen-bond acceptors (Lipinski definition) is 2. The molecule has 12 rings (SSSR count). The van der Waals surface area contributed by atoms with Crippen molar-refractivity contribution in [3.05, 3.63) is 218 Å². The second-order valence-electron chi connectivity index (χ2n) is 15.3. The van der Waals surface area contributed by atoms with Gasteiger partial charge in [-0.15, -0.1) is 0 Å². The predicted molar refractivity (Wildman–Crippen MR) is 250 cm³/mol. The fraction of sp³-hybridized carbons (Fsp3) is 0. The van der Waals surface area contributed by atoms with E-state index in [2.05, 4.69) is 215 Å². The Morgan fingerprint density at radius 2 is 0.867 bits per heavy atom. The van der Waals surface area contributed by atoms with Crippen LogP contribution in [-0.4, -0.2) is 19.1 Å². The molecule has 0 bridgehead atoms. The van der Waals surface area contributed by atoms with Crippen molar-refractivity contribution in [3.63, 3.8) is 0 Å². The van der Waals surface area contributed by atoms with Crippen LogP contribution in [0, 0.1) is 0 Å². The maximum atomic E-state index is 5.55. The van der Waals surface area contributed by atoms with E-state index >= 15 is 0 Å². The van der Waals surface area contributed by atoms with Gasteiger partial charge in [-0.2, -0.15) is 0 Å². The molecule has 0 spiro atoms. The molecule has 0 aliphatic carbocycles. The van der Waals surface area contributed by atoms with Crippen molar-refractivity contribution in [2.24, 2.45) is 0 Å². The topological polar surface area (TPSA) is 35.6 Å². The fourth-order valence-electron chi connectivity index (χ4n) is 9.19. The number of hydrogen-bond donors (Lipinski definition) is 0. The van der Waals surface area contributed by atoms with Gasteiger partial charge in [-0.25, -0.2) is 9.97 Å². The zero-order chi connectivity index (χ0) is 39.6. The van der Waals surface area contributed by atoms with Crippen LogP contribution < -0.4 is 0 Å². The van der Waals surface area contributed by atoms with Crippen molar-refractivity contribution < 1.29 is 0 Å². The smallest absolute Gasteiger partial charge is 0.145 e. The van der Waals surface area contributed by atoms with Gasteiger partial charge in [-0.1, -0.05) is 170 Å². The fourth-order valence-corrected chi connectivity index (χ4v) is 9.19. The summed E-state index contributed by atoms with van der Waals surface area (Å²) in [5, 5.41) is 5.98. The van der Waals surface area contributed by atoms with Gasteiger partial charge in [0.05, 0.1) is 33.3 Å². The molecular weight excluding hydrogens is 729 g/mol. The highest BCUT2D eigenvalue weighted by Gasteiger charge is 2.21. The summed E-state index contributed by atoms with van der Waals surface area (Å²) in [7, 11) is 0. The standard InChI is InChI=1S/C56H36N4/c1-4-15-40(16-5-1)54-47-35-36-51-53(45-21-10-12-25-49(45)59(51)42-17-6-2-7-18-42)52(47)46-23-14-22-44(55(46)58-54)39-31-27-37(28-32-39)38-29-33-41(34-30-38)56-57-48-24-11-13-26-50(48)60(56)43-19-8-3-9-20-43/h1-36H. The summed E-state index contributed by atoms with van der Waals surface area (Å²) in [5.41, 5.74) is 15.4. The van der Waals surface area contributed by atoms with Crippen LogP contribution in [0.2, 0.25) is 0 Å². The van der Waals surface area contributed by atoms with Crippen LogP contribution >= 0.6 is 0 Å². The summed E-state index contributed by atoms with van der Waals surface area (Å²) >= 11 is 0. The van der Waals surface area contributed by atoms with Crippen molar-refractivity contribution in [1.29, 1.82) is 0 Å². The van der Waals surface area contributed by atoms with Crippen LogP contribution in [0.25, 0.3) is 111 Å². The first-order valence-corrected chi connectivity index (χ1v) is 20.4. The lowest BCUT2D eigenvalue weighted by Gasteiger charge is -2.15. The van der Waals surface area contributed by atoms with Crippen LogP contribution in [0.15, 0.2) is 218 Å². The van der Waals surface area contributed by atoms with Crippen LogP contribution in [0.3, 0.4) is 0 Å². The van der Waals surface area contributed by atoms with Crippen molar-refractivity contribution in [1.82, 2.24) is 19.1 Å². The molecular formula is C56H36N4. The summed E-state index contributed by atoms with van der Waals surface area (Å²) in [5.74, 6) is 0.928. The summed E-state index contributed by atoms with van der Waals surface area (Å²) < 4.78 is 4.64. The predicted octanol–water partition coefficient (Wildman–Crippen LogP) is 14.5. The summed E-state index contributed by atoms with van der Waals surface area (Å²) in [6, 6.07) is 77.8. The zero-order valence-electron chi connectivity index (χ0n) is 32.6. The number of benzene rings is 9. The van der Waals surface area contributed by atoms with E-state index in [-0.39, 0.29) is 0 Å². The number of aromatic nitrogens is 4. The van der Waals surface area contributed by atoms with E-state index in [9.17, 15) is 0 Å². The molecule has 4 nitrogen and oxygen atoms in total. The molecule has 0 amide bonds. The van der Waals surface area contributed by atoms with Crippen LogP contribution in [0.1, 0.15) is 0 Å². The lowest BCUT2D eigenvalue weighted by molar-refractivity contribution is 1.10. The van der Waals surface area contributed by atoms with E-state index in [0.29, 0.717) is 0 Å². The Bertz CT molecular complexity index is 3550. The zero-order valence-corrected chi connectivity index (χ0v) is 32.6. The molecule has 0 unspecified atom stereocenters. The summed E-state index contributed by atoms with van der Waals surface area (Å²) in [4.78, 5) is 10.6. The van der Waals surface area contributed by atoms with Gasteiger partial charge in [0.25, 0.3) is 0 Å². The molecule has 0 saturated heterocycles. The minimum Gasteiger partial charge on any atom is -0.309 e.